The van der Waals surface area contributed by atoms with Crippen molar-refractivity contribution in [1.82, 2.24) is 20.3 Å². The number of aromatic nitrogens is 3. The van der Waals surface area contributed by atoms with Crippen molar-refractivity contribution in [1.29, 1.82) is 0 Å². The number of carbonyl (C=O) groups excluding carboxylic acids is 1. The van der Waals surface area contributed by atoms with E-state index in [9.17, 15) is 4.79 Å². The van der Waals surface area contributed by atoms with E-state index < -0.39 is 0 Å². The molecule has 3 rings (SSSR count). The van der Waals surface area contributed by atoms with Crippen molar-refractivity contribution in [3.8, 4) is 11.3 Å². The Morgan fingerprint density at radius 2 is 1.82 bits per heavy atom. The van der Waals surface area contributed by atoms with E-state index >= 15 is 0 Å². The summed E-state index contributed by atoms with van der Waals surface area (Å²) in [5, 5.41) is 2.85. The molecule has 0 aromatic carbocycles. The molecule has 0 unspecified atom stereocenters. The molecule has 0 fully saturated rings. The van der Waals surface area contributed by atoms with Crippen LogP contribution in [0.25, 0.3) is 11.3 Å². The molecule has 0 atom stereocenters. The summed E-state index contributed by atoms with van der Waals surface area (Å²) in [5.74, 6) is -0.192. The van der Waals surface area contributed by atoms with Gasteiger partial charge < -0.3 is 5.32 Å². The molecule has 0 bridgehead atoms. The molecule has 22 heavy (non-hydrogen) atoms. The average molecular weight is 290 g/mol. The first-order valence-electron chi connectivity index (χ1n) is 6.87. The van der Waals surface area contributed by atoms with Crippen molar-refractivity contribution in [2.24, 2.45) is 0 Å². The van der Waals surface area contributed by atoms with Crippen LogP contribution < -0.4 is 5.32 Å². The van der Waals surface area contributed by atoms with E-state index in [2.05, 4.69) is 20.3 Å². The molecule has 3 aromatic rings. The first-order chi connectivity index (χ1) is 10.8. The lowest BCUT2D eigenvalue weighted by atomic mass is 10.1. The first kappa shape index (κ1) is 13.9. The van der Waals surface area contributed by atoms with Gasteiger partial charge in [0, 0.05) is 36.9 Å². The SMILES string of the molecule is O=C(NCc1ccnc(-c2ccncc2)c1)c1ccccn1. The standard InChI is InChI=1S/C17H14N4O/c22-17(15-3-1-2-7-19-15)21-12-13-4-10-20-16(11-13)14-5-8-18-9-6-14/h1-11H,12H2,(H,21,22). The summed E-state index contributed by atoms with van der Waals surface area (Å²) in [4.78, 5) is 24.3. The maximum Gasteiger partial charge on any atom is 0.270 e. The summed E-state index contributed by atoms with van der Waals surface area (Å²) < 4.78 is 0. The number of hydrogen-bond donors (Lipinski definition) is 1. The molecule has 0 saturated heterocycles. The van der Waals surface area contributed by atoms with Gasteiger partial charge >= 0.3 is 0 Å². The van der Waals surface area contributed by atoms with Crippen LogP contribution in [0.15, 0.2) is 67.3 Å². The third kappa shape index (κ3) is 3.32. The molecule has 0 aliphatic rings. The van der Waals surface area contributed by atoms with Crippen LogP contribution in [-0.4, -0.2) is 20.9 Å². The third-order valence-corrected chi connectivity index (χ3v) is 3.15. The maximum absolute atomic E-state index is 12.0. The van der Waals surface area contributed by atoms with Gasteiger partial charge in [0.1, 0.15) is 5.69 Å². The molecule has 3 aromatic heterocycles. The Balaban J connectivity index is 1.70. The van der Waals surface area contributed by atoms with Gasteiger partial charge in [-0.05, 0) is 42.0 Å². The Kier molecular flexibility index (Phi) is 4.15. The molecule has 0 saturated carbocycles. The molecule has 0 radical (unpaired) electrons. The summed E-state index contributed by atoms with van der Waals surface area (Å²) in [5.41, 5.74) is 3.23. The number of pyridine rings is 3. The molecule has 108 valence electrons. The second kappa shape index (κ2) is 6.58. The van der Waals surface area contributed by atoms with Gasteiger partial charge in [-0.2, -0.15) is 0 Å². The minimum Gasteiger partial charge on any atom is -0.347 e. The Labute approximate surface area is 128 Å². The Morgan fingerprint density at radius 1 is 0.955 bits per heavy atom. The molecule has 1 N–H and O–H groups in total. The molecule has 1 amide bonds. The van der Waals surface area contributed by atoms with E-state index in [1.165, 1.54) is 0 Å². The van der Waals surface area contributed by atoms with Crippen LogP contribution in [-0.2, 0) is 6.54 Å². The van der Waals surface area contributed by atoms with Gasteiger partial charge in [0.25, 0.3) is 5.91 Å². The highest BCUT2D eigenvalue weighted by atomic mass is 16.1. The molecule has 0 spiro atoms. The van der Waals surface area contributed by atoms with Gasteiger partial charge in [-0.1, -0.05) is 6.07 Å². The zero-order valence-corrected chi connectivity index (χ0v) is 11.8. The van der Waals surface area contributed by atoms with Crippen LogP contribution in [0.3, 0.4) is 0 Å². The number of rotatable bonds is 4. The van der Waals surface area contributed by atoms with Crippen LogP contribution >= 0.6 is 0 Å². The van der Waals surface area contributed by atoms with Gasteiger partial charge in [-0.15, -0.1) is 0 Å². The van der Waals surface area contributed by atoms with Crippen molar-refractivity contribution >= 4 is 5.91 Å². The quantitative estimate of drug-likeness (QED) is 0.801. The normalized spacial score (nSPS) is 10.2. The van der Waals surface area contributed by atoms with E-state index in [1.54, 1.807) is 43.0 Å². The van der Waals surface area contributed by atoms with Crippen molar-refractivity contribution in [2.75, 3.05) is 0 Å². The van der Waals surface area contributed by atoms with Crippen LogP contribution in [0.2, 0.25) is 0 Å². The lowest BCUT2D eigenvalue weighted by Crippen LogP contribution is -2.23. The lowest BCUT2D eigenvalue weighted by Gasteiger charge is -2.06. The fraction of sp³-hybridized carbons (Fsp3) is 0.0588. The highest BCUT2D eigenvalue weighted by Crippen LogP contribution is 2.16. The largest absolute Gasteiger partial charge is 0.347 e. The predicted octanol–water partition coefficient (Wildman–Crippen LogP) is 2.47. The molecule has 3 heterocycles. The van der Waals surface area contributed by atoms with E-state index in [-0.39, 0.29) is 5.91 Å². The first-order valence-corrected chi connectivity index (χ1v) is 6.87. The summed E-state index contributed by atoms with van der Waals surface area (Å²) in [7, 11) is 0. The maximum atomic E-state index is 12.0. The second-order valence-electron chi connectivity index (χ2n) is 4.68. The Morgan fingerprint density at radius 3 is 2.59 bits per heavy atom. The van der Waals surface area contributed by atoms with Crippen LogP contribution in [0.5, 0.6) is 0 Å². The summed E-state index contributed by atoms with van der Waals surface area (Å²) >= 11 is 0. The molecule has 0 aliphatic carbocycles. The molecule has 5 nitrogen and oxygen atoms in total. The number of hydrogen-bond acceptors (Lipinski definition) is 4. The van der Waals surface area contributed by atoms with E-state index in [0.717, 1.165) is 16.8 Å². The van der Waals surface area contributed by atoms with E-state index in [1.807, 2.05) is 24.3 Å². The number of amides is 1. The molecular weight excluding hydrogens is 276 g/mol. The van der Waals surface area contributed by atoms with Gasteiger partial charge in [0.15, 0.2) is 0 Å². The van der Waals surface area contributed by atoms with Gasteiger partial charge in [0.05, 0.1) is 5.69 Å². The van der Waals surface area contributed by atoms with Gasteiger partial charge in [-0.3, -0.25) is 19.7 Å². The number of nitrogens with zero attached hydrogens (tertiary/aromatic N) is 3. The summed E-state index contributed by atoms with van der Waals surface area (Å²) in [6.45, 7) is 0.427. The van der Waals surface area contributed by atoms with E-state index in [0.29, 0.717) is 12.2 Å². The fourth-order valence-corrected chi connectivity index (χ4v) is 2.03. The average Bonchev–Trinajstić information content (AvgIpc) is 2.61. The molecular formula is C17H14N4O. The zero-order chi connectivity index (χ0) is 15.2. The van der Waals surface area contributed by atoms with Crippen molar-refractivity contribution < 1.29 is 4.79 Å². The monoisotopic (exact) mass is 290 g/mol. The minimum absolute atomic E-state index is 0.192. The number of carbonyl (C=O) groups is 1. The zero-order valence-electron chi connectivity index (χ0n) is 11.8. The highest BCUT2D eigenvalue weighted by molar-refractivity contribution is 5.92. The van der Waals surface area contributed by atoms with Crippen LogP contribution in [0.4, 0.5) is 0 Å². The van der Waals surface area contributed by atoms with Crippen molar-refractivity contribution in [3.63, 3.8) is 0 Å². The topological polar surface area (TPSA) is 67.8 Å². The van der Waals surface area contributed by atoms with Gasteiger partial charge in [0.2, 0.25) is 0 Å². The highest BCUT2D eigenvalue weighted by Gasteiger charge is 2.06. The Bertz CT molecular complexity index is 760. The van der Waals surface area contributed by atoms with Crippen LogP contribution in [0.1, 0.15) is 16.1 Å². The lowest BCUT2D eigenvalue weighted by molar-refractivity contribution is 0.0946. The third-order valence-electron chi connectivity index (χ3n) is 3.15. The molecule has 5 heteroatoms. The van der Waals surface area contributed by atoms with Crippen molar-refractivity contribution in [3.05, 3.63) is 78.5 Å². The number of nitrogens with one attached hydrogen (secondary N) is 1. The Hall–Kier alpha value is -3.08. The molecule has 0 aliphatic heterocycles. The summed E-state index contributed by atoms with van der Waals surface area (Å²) in [6.07, 6.45) is 6.79. The van der Waals surface area contributed by atoms with Crippen LogP contribution in [0, 0.1) is 0 Å². The van der Waals surface area contributed by atoms with Gasteiger partial charge in [-0.25, -0.2) is 0 Å². The summed E-state index contributed by atoms with van der Waals surface area (Å²) in [6, 6.07) is 12.9. The minimum atomic E-state index is -0.192. The second-order valence-corrected chi connectivity index (χ2v) is 4.68. The van der Waals surface area contributed by atoms with E-state index in [4.69, 9.17) is 0 Å². The predicted molar refractivity (Wildman–Crippen MR) is 82.9 cm³/mol. The smallest absolute Gasteiger partial charge is 0.270 e. The van der Waals surface area contributed by atoms with Crippen molar-refractivity contribution in [2.45, 2.75) is 6.54 Å². The fourth-order valence-electron chi connectivity index (χ4n) is 2.03.